The summed E-state index contributed by atoms with van der Waals surface area (Å²) in [7, 11) is 0. The first-order chi connectivity index (χ1) is 8.27. The van der Waals surface area contributed by atoms with Crippen LogP contribution in [0.5, 0.6) is 0 Å². The highest BCUT2D eigenvalue weighted by atomic mass is 15.0. The number of imidazole rings is 1. The van der Waals surface area contributed by atoms with Crippen LogP contribution in [0.15, 0.2) is 37.2 Å². The largest absolute Gasteiger partial charge is 0.312 e. The summed E-state index contributed by atoms with van der Waals surface area (Å²) in [6.07, 6.45) is 9.20. The fourth-order valence-corrected chi connectivity index (χ4v) is 1.69. The monoisotopic (exact) mass is 230 g/mol. The maximum atomic E-state index is 4.17. The van der Waals surface area contributed by atoms with Gasteiger partial charge in [-0.15, -0.1) is 0 Å². The molecule has 2 aromatic heterocycles. The third-order valence-corrected chi connectivity index (χ3v) is 2.54. The Bertz CT molecular complexity index is 448. The molecule has 0 aliphatic carbocycles. The molecule has 2 rings (SSSR count). The zero-order valence-corrected chi connectivity index (χ0v) is 10.3. The van der Waals surface area contributed by atoms with Crippen LogP contribution in [0.1, 0.15) is 19.4 Å². The van der Waals surface area contributed by atoms with Gasteiger partial charge in [-0.1, -0.05) is 13.8 Å². The molecular formula is C13H18N4. The molecule has 0 saturated heterocycles. The van der Waals surface area contributed by atoms with E-state index < -0.39 is 0 Å². The quantitative estimate of drug-likeness (QED) is 0.854. The van der Waals surface area contributed by atoms with Crippen molar-refractivity contribution in [2.75, 3.05) is 6.54 Å². The molecule has 0 fully saturated rings. The van der Waals surface area contributed by atoms with Gasteiger partial charge >= 0.3 is 0 Å². The number of nitrogens with one attached hydrogen (secondary N) is 1. The van der Waals surface area contributed by atoms with E-state index >= 15 is 0 Å². The highest BCUT2D eigenvalue weighted by Gasteiger charge is 2.04. The molecule has 2 aromatic rings. The van der Waals surface area contributed by atoms with Gasteiger partial charge in [-0.05, 0) is 24.1 Å². The fourth-order valence-electron chi connectivity index (χ4n) is 1.69. The lowest BCUT2D eigenvalue weighted by Crippen LogP contribution is -2.20. The Kier molecular flexibility index (Phi) is 3.88. The number of aromatic nitrogens is 3. The minimum absolute atomic E-state index is 0.661. The van der Waals surface area contributed by atoms with E-state index in [9.17, 15) is 0 Å². The summed E-state index contributed by atoms with van der Waals surface area (Å²) in [6, 6.07) is 2.04. The third kappa shape index (κ3) is 3.14. The Morgan fingerprint density at radius 1 is 1.29 bits per heavy atom. The average molecular weight is 230 g/mol. The maximum absolute atomic E-state index is 4.17. The minimum atomic E-state index is 0.661. The zero-order chi connectivity index (χ0) is 12.1. The second-order valence-electron chi connectivity index (χ2n) is 4.50. The predicted molar refractivity (Wildman–Crippen MR) is 67.9 cm³/mol. The molecular weight excluding hydrogens is 212 g/mol. The molecule has 2 heterocycles. The Morgan fingerprint density at radius 3 is 2.88 bits per heavy atom. The average Bonchev–Trinajstić information content (AvgIpc) is 2.82. The van der Waals surface area contributed by atoms with Crippen molar-refractivity contribution in [2.24, 2.45) is 5.92 Å². The SMILES string of the molecule is CC(C)CNCc1ccncc1-n1ccnc1. The van der Waals surface area contributed by atoms with Gasteiger partial charge in [0.05, 0.1) is 18.2 Å². The van der Waals surface area contributed by atoms with Gasteiger partial charge in [-0.2, -0.15) is 0 Å². The zero-order valence-electron chi connectivity index (χ0n) is 10.3. The molecule has 4 heteroatoms. The highest BCUT2D eigenvalue weighted by Crippen LogP contribution is 2.12. The highest BCUT2D eigenvalue weighted by molar-refractivity contribution is 5.37. The van der Waals surface area contributed by atoms with Crippen LogP contribution < -0.4 is 5.32 Å². The van der Waals surface area contributed by atoms with Crippen LogP contribution in [-0.2, 0) is 6.54 Å². The molecule has 1 N–H and O–H groups in total. The Labute approximate surface area is 102 Å². The van der Waals surface area contributed by atoms with Gasteiger partial charge in [0.1, 0.15) is 0 Å². The predicted octanol–water partition coefficient (Wildman–Crippen LogP) is 2.01. The van der Waals surface area contributed by atoms with Crippen LogP contribution in [-0.4, -0.2) is 21.1 Å². The second kappa shape index (κ2) is 5.59. The van der Waals surface area contributed by atoms with Crippen molar-refractivity contribution in [1.82, 2.24) is 19.9 Å². The number of hydrogen-bond acceptors (Lipinski definition) is 3. The number of rotatable bonds is 5. The smallest absolute Gasteiger partial charge is 0.0992 e. The summed E-state index contributed by atoms with van der Waals surface area (Å²) < 4.78 is 1.99. The number of pyridine rings is 1. The van der Waals surface area contributed by atoms with Crippen LogP contribution in [0.3, 0.4) is 0 Å². The Morgan fingerprint density at radius 2 is 2.18 bits per heavy atom. The molecule has 90 valence electrons. The first kappa shape index (κ1) is 11.8. The van der Waals surface area contributed by atoms with Crippen LogP contribution >= 0.6 is 0 Å². The van der Waals surface area contributed by atoms with E-state index in [1.54, 1.807) is 12.5 Å². The van der Waals surface area contributed by atoms with Crippen molar-refractivity contribution in [3.05, 3.63) is 42.7 Å². The third-order valence-electron chi connectivity index (χ3n) is 2.54. The first-order valence-electron chi connectivity index (χ1n) is 5.89. The lowest BCUT2D eigenvalue weighted by molar-refractivity contribution is 0.551. The molecule has 17 heavy (non-hydrogen) atoms. The Hall–Kier alpha value is -1.68. The lowest BCUT2D eigenvalue weighted by Gasteiger charge is -2.11. The molecule has 0 bridgehead atoms. The van der Waals surface area contributed by atoms with Gasteiger partial charge in [0.2, 0.25) is 0 Å². The van der Waals surface area contributed by atoms with Crippen molar-refractivity contribution in [1.29, 1.82) is 0 Å². The summed E-state index contributed by atoms with van der Waals surface area (Å²) in [4.78, 5) is 8.23. The van der Waals surface area contributed by atoms with Crippen molar-refractivity contribution in [3.8, 4) is 5.69 Å². The van der Waals surface area contributed by atoms with E-state index in [0.29, 0.717) is 5.92 Å². The summed E-state index contributed by atoms with van der Waals surface area (Å²) in [5.41, 5.74) is 2.32. The van der Waals surface area contributed by atoms with Gasteiger partial charge < -0.3 is 9.88 Å². The molecule has 0 aliphatic heterocycles. The molecule has 0 saturated carbocycles. The normalized spacial score (nSPS) is 11.0. The second-order valence-corrected chi connectivity index (χ2v) is 4.50. The summed E-state index contributed by atoms with van der Waals surface area (Å²) in [5.74, 6) is 0.661. The maximum Gasteiger partial charge on any atom is 0.0992 e. The van der Waals surface area contributed by atoms with Crippen molar-refractivity contribution in [3.63, 3.8) is 0 Å². The van der Waals surface area contributed by atoms with E-state index in [1.807, 2.05) is 29.2 Å². The Balaban J connectivity index is 2.11. The van der Waals surface area contributed by atoms with Crippen molar-refractivity contribution < 1.29 is 0 Å². The van der Waals surface area contributed by atoms with E-state index in [-0.39, 0.29) is 0 Å². The van der Waals surface area contributed by atoms with Crippen LogP contribution in [0.25, 0.3) is 5.69 Å². The first-order valence-corrected chi connectivity index (χ1v) is 5.89. The van der Waals surface area contributed by atoms with E-state index in [4.69, 9.17) is 0 Å². The molecule has 0 amide bonds. The van der Waals surface area contributed by atoms with Crippen molar-refractivity contribution >= 4 is 0 Å². The summed E-state index contributed by atoms with van der Waals surface area (Å²) >= 11 is 0. The summed E-state index contributed by atoms with van der Waals surface area (Å²) in [6.45, 7) is 6.28. The topological polar surface area (TPSA) is 42.7 Å². The summed E-state index contributed by atoms with van der Waals surface area (Å²) in [5, 5.41) is 3.44. The van der Waals surface area contributed by atoms with Gasteiger partial charge in [0.15, 0.2) is 0 Å². The van der Waals surface area contributed by atoms with Crippen molar-refractivity contribution in [2.45, 2.75) is 20.4 Å². The molecule has 0 aliphatic rings. The molecule has 0 aromatic carbocycles. The lowest BCUT2D eigenvalue weighted by atomic mass is 10.2. The molecule has 4 nitrogen and oxygen atoms in total. The van der Waals surface area contributed by atoms with Crippen LogP contribution in [0.2, 0.25) is 0 Å². The van der Waals surface area contributed by atoms with E-state index in [1.165, 1.54) is 5.56 Å². The fraction of sp³-hybridized carbons (Fsp3) is 0.385. The van der Waals surface area contributed by atoms with Gasteiger partial charge in [-0.25, -0.2) is 4.98 Å². The van der Waals surface area contributed by atoms with Crippen LogP contribution in [0, 0.1) is 5.92 Å². The minimum Gasteiger partial charge on any atom is -0.312 e. The van der Waals surface area contributed by atoms with Gasteiger partial charge in [0.25, 0.3) is 0 Å². The molecule has 0 spiro atoms. The number of nitrogens with zero attached hydrogens (tertiary/aromatic N) is 3. The van der Waals surface area contributed by atoms with E-state index in [2.05, 4.69) is 29.1 Å². The molecule has 0 unspecified atom stereocenters. The number of hydrogen-bond donors (Lipinski definition) is 1. The van der Waals surface area contributed by atoms with E-state index in [0.717, 1.165) is 18.8 Å². The standard InChI is InChI=1S/C13H18N4/c1-11(2)7-16-8-12-3-4-14-9-13(12)17-6-5-15-10-17/h3-6,9-11,16H,7-8H2,1-2H3. The van der Waals surface area contributed by atoms with Crippen LogP contribution in [0.4, 0.5) is 0 Å². The van der Waals surface area contributed by atoms with Gasteiger partial charge in [-0.3, -0.25) is 4.98 Å². The molecule has 0 atom stereocenters. The van der Waals surface area contributed by atoms with Gasteiger partial charge in [0, 0.05) is 25.1 Å². The molecule has 0 radical (unpaired) electrons.